The minimum Gasteiger partial charge on any atom is -0.356 e. The molecule has 0 spiro atoms. The highest BCUT2D eigenvalue weighted by Crippen LogP contribution is 2.43. The maximum Gasteiger partial charge on any atom is 0.222 e. The lowest BCUT2D eigenvalue weighted by Gasteiger charge is -2.43. The van der Waals surface area contributed by atoms with E-state index in [1.807, 2.05) is 30.3 Å². The van der Waals surface area contributed by atoms with E-state index in [4.69, 9.17) is 0 Å². The van der Waals surface area contributed by atoms with Crippen LogP contribution in [0.1, 0.15) is 36.8 Å². The van der Waals surface area contributed by atoms with Crippen LogP contribution in [0.4, 0.5) is 0 Å². The van der Waals surface area contributed by atoms with Gasteiger partial charge in [-0.2, -0.15) is 0 Å². The minimum atomic E-state index is 0. The van der Waals surface area contributed by atoms with E-state index in [1.54, 1.807) is 7.05 Å². The summed E-state index contributed by atoms with van der Waals surface area (Å²) < 4.78 is 0. The van der Waals surface area contributed by atoms with E-state index in [9.17, 15) is 4.79 Å². The molecule has 3 rings (SSSR count). The van der Waals surface area contributed by atoms with Crippen LogP contribution < -0.4 is 16.0 Å². The fourth-order valence-electron chi connectivity index (χ4n) is 3.62. The number of rotatable bonds is 8. The van der Waals surface area contributed by atoms with Gasteiger partial charge in [-0.3, -0.25) is 9.79 Å². The lowest BCUT2D eigenvalue weighted by Crippen LogP contribution is -2.49. The average Bonchev–Trinajstić information content (AvgIpc) is 2.71. The van der Waals surface area contributed by atoms with Crippen molar-refractivity contribution in [3.05, 3.63) is 71.8 Å². The molecule has 156 valence electrons. The van der Waals surface area contributed by atoms with Crippen LogP contribution in [-0.4, -0.2) is 32.0 Å². The van der Waals surface area contributed by atoms with Crippen LogP contribution in [0.5, 0.6) is 0 Å². The van der Waals surface area contributed by atoms with Crippen molar-refractivity contribution in [1.29, 1.82) is 0 Å². The zero-order chi connectivity index (χ0) is 19.7. The van der Waals surface area contributed by atoms with Gasteiger partial charge in [0.05, 0.1) is 0 Å². The molecule has 0 saturated heterocycles. The molecule has 0 unspecified atom stereocenters. The van der Waals surface area contributed by atoms with Crippen molar-refractivity contribution in [2.75, 3.05) is 20.1 Å². The van der Waals surface area contributed by atoms with Gasteiger partial charge < -0.3 is 16.0 Å². The van der Waals surface area contributed by atoms with Crippen molar-refractivity contribution in [2.45, 2.75) is 37.6 Å². The van der Waals surface area contributed by atoms with Crippen LogP contribution in [0, 0.1) is 0 Å². The number of nitrogens with zero attached hydrogens (tertiary/aromatic N) is 1. The lowest BCUT2D eigenvalue weighted by molar-refractivity contribution is -0.121. The Kier molecular flexibility index (Phi) is 9.44. The first-order valence-electron chi connectivity index (χ1n) is 10.0. The van der Waals surface area contributed by atoms with Crippen LogP contribution in [0.25, 0.3) is 0 Å². The predicted molar refractivity (Wildman–Crippen MR) is 130 cm³/mol. The molecule has 6 heteroatoms. The van der Waals surface area contributed by atoms with Crippen LogP contribution in [0.3, 0.4) is 0 Å². The highest BCUT2D eigenvalue weighted by atomic mass is 127. The molecule has 0 heterocycles. The quantitative estimate of drug-likeness (QED) is 0.291. The Balaban J connectivity index is 0.00000300. The molecule has 5 nitrogen and oxygen atoms in total. The molecule has 1 aliphatic rings. The third-order valence-electron chi connectivity index (χ3n) is 5.49. The standard InChI is InChI=1S/C23H30N4O.HI/c1-24-22(25-16-13-21(28)26-17-19-9-4-2-5-10-19)27-18-23(14-8-15-23)20-11-6-3-7-12-20;/h2-7,9-12H,8,13-18H2,1H3,(H,26,28)(H2,24,25,27);1H. The van der Waals surface area contributed by atoms with Gasteiger partial charge in [0, 0.05) is 38.5 Å². The van der Waals surface area contributed by atoms with E-state index >= 15 is 0 Å². The van der Waals surface area contributed by atoms with Gasteiger partial charge in [0.15, 0.2) is 5.96 Å². The molecule has 0 radical (unpaired) electrons. The van der Waals surface area contributed by atoms with Crippen LogP contribution in [0.15, 0.2) is 65.7 Å². The number of halogens is 1. The van der Waals surface area contributed by atoms with Gasteiger partial charge in [-0.05, 0) is 24.0 Å². The zero-order valence-corrected chi connectivity index (χ0v) is 19.3. The van der Waals surface area contributed by atoms with Crippen LogP contribution >= 0.6 is 24.0 Å². The van der Waals surface area contributed by atoms with Crippen LogP contribution in [0.2, 0.25) is 0 Å². The first-order valence-corrected chi connectivity index (χ1v) is 10.0. The second-order valence-corrected chi connectivity index (χ2v) is 7.36. The molecular weight excluding hydrogens is 475 g/mol. The van der Waals surface area contributed by atoms with E-state index in [2.05, 4.69) is 51.3 Å². The summed E-state index contributed by atoms with van der Waals surface area (Å²) in [7, 11) is 1.76. The van der Waals surface area contributed by atoms with Gasteiger partial charge in [0.2, 0.25) is 5.91 Å². The molecule has 2 aromatic carbocycles. The van der Waals surface area contributed by atoms with Crippen molar-refractivity contribution in [3.8, 4) is 0 Å². The third-order valence-corrected chi connectivity index (χ3v) is 5.49. The number of hydrogen-bond acceptors (Lipinski definition) is 2. The number of carbonyl (C=O) groups is 1. The third kappa shape index (κ3) is 6.73. The molecule has 1 saturated carbocycles. The van der Waals surface area contributed by atoms with E-state index in [-0.39, 0.29) is 35.3 Å². The Labute approximate surface area is 190 Å². The number of carbonyl (C=O) groups excluding carboxylic acids is 1. The summed E-state index contributed by atoms with van der Waals surface area (Å²) in [5.74, 6) is 0.782. The van der Waals surface area contributed by atoms with E-state index in [0.717, 1.165) is 18.1 Å². The minimum absolute atomic E-state index is 0. The first-order chi connectivity index (χ1) is 13.7. The number of guanidine groups is 1. The second kappa shape index (κ2) is 11.8. The molecule has 0 bridgehead atoms. The Morgan fingerprint density at radius 2 is 1.62 bits per heavy atom. The van der Waals surface area contributed by atoms with Gasteiger partial charge in [0.25, 0.3) is 0 Å². The number of hydrogen-bond donors (Lipinski definition) is 3. The molecule has 2 aromatic rings. The number of amides is 1. The SMILES string of the molecule is CN=C(NCCC(=O)NCc1ccccc1)NCC1(c2ccccc2)CCC1.I. The molecular formula is C23H31IN4O. The lowest BCUT2D eigenvalue weighted by atomic mass is 9.64. The normalized spacial score (nSPS) is 14.9. The topological polar surface area (TPSA) is 65.5 Å². The maximum atomic E-state index is 12.0. The Morgan fingerprint density at radius 1 is 0.966 bits per heavy atom. The fraction of sp³-hybridized carbons (Fsp3) is 0.391. The average molecular weight is 506 g/mol. The summed E-state index contributed by atoms with van der Waals surface area (Å²) in [5.41, 5.74) is 2.70. The molecule has 1 aliphatic carbocycles. The van der Waals surface area contributed by atoms with Crippen molar-refractivity contribution in [2.24, 2.45) is 4.99 Å². The molecule has 1 amide bonds. The van der Waals surface area contributed by atoms with E-state index < -0.39 is 0 Å². The molecule has 29 heavy (non-hydrogen) atoms. The van der Waals surface area contributed by atoms with Crippen molar-refractivity contribution >= 4 is 35.8 Å². The van der Waals surface area contributed by atoms with Gasteiger partial charge in [-0.1, -0.05) is 67.1 Å². The highest BCUT2D eigenvalue weighted by molar-refractivity contribution is 14.0. The van der Waals surface area contributed by atoms with Gasteiger partial charge in [0.1, 0.15) is 0 Å². The smallest absolute Gasteiger partial charge is 0.222 e. The fourth-order valence-corrected chi connectivity index (χ4v) is 3.62. The summed E-state index contributed by atoms with van der Waals surface area (Å²) in [6.07, 6.45) is 4.08. The first kappa shape index (κ1) is 23.2. The molecule has 0 atom stereocenters. The molecule has 3 N–H and O–H groups in total. The van der Waals surface area contributed by atoms with Crippen molar-refractivity contribution in [3.63, 3.8) is 0 Å². The number of aliphatic imine (C=N–C) groups is 1. The molecule has 0 aliphatic heterocycles. The summed E-state index contributed by atoms with van der Waals surface area (Å²) >= 11 is 0. The van der Waals surface area contributed by atoms with Crippen molar-refractivity contribution in [1.82, 2.24) is 16.0 Å². The highest BCUT2D eigenvalue weighted by Gasteiger charge is 2.38. The summed E-state index contributed by atoms with van der Waals surface area (Å²) in [5, 5.41) is 9.65. The van der Waals surface area contributed by atoms with Gasteiger partial charge >= 0.3 is 0 Å². The maximum absolute atomic E-state index is 12.0. The van der Waals surface area contributed by atoms with Crippen LogP contribution in [-0.2, 0) is 16.8 Å². The second-order valence-electron chi connectivity index (χ2n) is 7.36. The largest absolute Gasteiger partial charge is 0.356 e. The molecule has 0 aromatic heterocycles. The summed E-state index contributed by atoms with van der Waals surface area (Å²) in [4.78, 5) is 16.3. The summed E-state index contributed by atoms with van der Waals surface area (Å²) in [6.45, 7) is 1.97. The van der Waals surface area contributed by atoms with E-state index in [0.29, 0.717) is 19.5 Å². The summed E-state index contributed by atoms with van der Waals surface area (Å²) in [6, 6.07) is 20.6. The van der Waals surface area contributed by atoms with E-state index in [1.165, 1.54) is 24.8 Å². The van der Waals surface area contributed by atoms with Crippen molar-refractivity contribution < 1.29 is 4.79 Å². The Morgan fingerprint density at radius 3 is 2.21 bits per heavy atom. The predicted octanol–water partition coefficient (Wildman–Crippen LogP) is 3.60. The van der Waals surface area contributed by atoms with Gasteiger partial charge in [-0.25, -0.2) is 0 Å². The number of nitrogens with one attached hydrogen (secondary N) is 3. The Bertz CT molecular complexity index is 776. The zero-order valence-electron chi connectivity index (χ0n) is 17.0. The van der Waals surface area contributed by atoms with Gasteiger partial charge in [-0.15, -0.1) is 24.0 Å². The monoisotopic (exact) mass is 506 g/mol. The number of benzene rings is 2. The Hall–Kier alpha value is -2.09. The molecule has 1 fully saturated rings.